The van der Waals surface area contributed by atoms with Gasteiger partial charge in [0, 0.05) is 32.9 Å². The van der Waals surface area contributed by atoms with Crippen molar-refractivity contribution in [2.24, 2.45) is 5.10 Å². The molecule has 2 aromatic carbocycles. The van der Waals surface area contributed by atoms with E-state index in [4.69, 9.17) is 9.47 Å². The Balaban J connectivity index is 1.64. The van der Waals surface area contributed by atoms with Gasteiger partial charge in [0.15, 0.2) is 5.84 Å². The number of ether oxygens (including phenoxy) is 2. The van der Waals surface area contributed by atoms with Crippen LogP contribution in [-0.2, 0) is 0 Å². The van der Waals surface area contributed by atoms with Crippen molar-refractivity contribution in [2.75, 3.05) is 27.3 Å². The van der Waals surface area contributed by atoms with Gasteiger partial charge in [-0.05, 0) is 24.3 Å². The van der Waals surface area contributed by atoms with Crippen LogP contribution in [0.15, 0.2) is 78.4 Å². The van der Waals surface area contributed by atoms with Gasteiger partial charge >= 0.3 is 0 Å². The fraction of sp³-hybridized carbons (Fsp3) is 0.238. The second kappa shape index (κ2) is 9.43. The Morgan fingerprint density at radius 2 is 1.74 bits per heavy atom. The monoisotopic (exact) mass is 364 g/mol. The molecule has 0 saturated heterocycles. The highest BCUT2D eigenvalue weighted by molar-refractivity contribution is 6.02. The lowest BCUT2D eigenvalue weighted by Gasteiger charge is -2.16. The fourth-order valence-corrected chi connectivity index (χ4v) is 2.54. The molecule has 0 spiro atoms. The van der Waals surface area contributed by atoms with E-state index < -0.39 is 0 Å². The average Bonchev–Trinajstić information content (AvgIpc) is 3.21. The SMILES string of the molecule is CN(C)/N=C(/c1ccccc1OCCCOc1ccccc1)n1ccnc1. The van der Waals surface area contributed by atoms with E-state index in [1.165, 1.54) is 0 Å². The minimum atomic E-state index is 0.559. The molecule has 1 heterocycles. The van der Waals surface area contributed by atoms with Crippen molar-refractivity contribution >= 4 is 5.84 Å². The summed E-state index contributed by atoms with van der Waals surface area (Å²) in [6.07, 6.45) is 6.11. The van der Waals surface area contributed by atoms with Crippen LogP contribution in [0, 0.1) is 0 Å². The maximum Gasteiger partial charge on any atom is 0.168 e. The van der Waals surface area contributed by atoms with Crippen molar-refractivity contribution < 1.29 is 9.47 Å². The molecule has 0 N–H and O–H groups in total. The van der Waals surface area contributed by atoms with Crippen LogP contribution in [0.25, 0.3) is 0 Å². The fourth-order valence-electron chi connectivity index (χ4n) is 2.54. The summed E-state index contributed by atoms with van der Waals surface area (Å²) in [7, 11) is 3.78. The largest absolute Gasteiger partial charge is 0.493 e. The molecule has 0 atom stereocenters. The minimum absolute atomic E-state index is 0.559. The van der Waals surface area contributed by atoms with Gasteiger partial charge in [-0.3, -0.25) is 4.57 Å². The first-order valence-corrected chi connectivity index (χ1v) is 8.88. The molecule has 0 saturated carbocycles. The van der Waals surface area contributed by atoms with Gasteiger partial charge in [-0.2, -0.15) is 5.10 Å². The predicted octanol–water partition coefficient (Wildman–Crippen LogP) is 3.50. The summed E-state index contributed by atoms with van der Waals surface area (Å²) in [6.45, 7) is 1.16. The molecule has 0 aliphatic heterocycles. The van der Waals surface area contributed by atoms with Gasteiger partial charge in [0.05, 0.1) is 18.8 Å². The van der Waals surface area contributed by atoms with Gasteiger partial charge in [0.1, 0.15) is 17.8 Å². The zero-order chi connectivity index (χ0) is 18.9. The number of para-hydroxylation sites is 2. The predicted molar refractivity (Wildman–Crippen MR) is 106 cm³/mol. The number of nitrogens with zero attached hydrogens (tertiary/aromatic N) is 4. The lowest BCUT2D eigenvalue weighted by atomic mass is 10.2. The van der Waals surface area contributed by atoms with Gasteiger partial charge < -0.3 is 14.5 Å². The van der Waals surface area contributed by atoms with E-state index in [1.807, 2.05) is 79.5 Å². The van der Waals surface area contributed by atoms with Crippen LogP contribution in [0.3, 0.4) is 0 Å². The minimum Gasteiger partial charge on any atom is -0.493 e. The molecule has 6 heteroatoms. The zero-order valence-corrected chi connectivity index (χ0v) is 15.7. The maximum atomic E-state index is 6.02. The summed E-state index contributed by atoms with van der Waals surface area (Å²) in [5, 5.41) is 6.37. The molecule has 3 rings (SSSR count). The Morgan fingerprint density at radius 3 is 2.48 bits per heavy atom. The van der Waals surface area contributed by atoms with Crippen molar-refractivity contribution in [3.05, 3.63) is 78.9 Å². The highest BCUT2D eigenvalue weighted by Gasteiger charge is 2.13. The second-order valence-electron chi connectivity index (χ2n) is 6.10. The molecule has 0 fully saturated rings. The van der Waals surface area contributed by atoms with Crippen LogP contribution in [-0.4, -0.2) is 47.7 Å². The van der Waals surface area contributed by atoms with Gasteiger partial charge in [0.25, 0.3) is 0 Å². The number of hydrogen-bond donors (Lipinski definition) is 0. The molecule has 6 nitrogen and oxygen atoms in total. The van der Waals surface area contributed by atoms with E-state index in [1.54, 1.807) is 17.5 Å². The molecule has 27 heavy (non-hydrogen) atoms. The van der Waals surface area contributed by atoms with Crippen LogP contribution in [0.2, 0.25) is 0 Å². The van der Waals surface area contributed by atoms with Crippen LogP contribution in [0.5, 0.6) is 11.5 Å². The first-order valence-electron chi connectivity index (χ1n) is 8.88. The van der Waals surface area contributed by atoms with Crippen molar-refractivity contribution in [2.45, 2.75) is 6.42 Å². The van der Waals surface area contributed by atoms with Gasteiger partial charge in [-0.15, -0.1) is 0 Å². The average molecular weight is 364 g/mol. The van der Waals surface area contributed by atoms with Crippen molar-refractivity contribution in [1.29, 1.82) is 0 Å². The molecule has 0 bridgehead atoms. The third kappa shape index (κ3) is 5.34. The Morgan fingerprint density at radius 1 is 1.00 bits per heavy atom. The normalized spacial score (nSPS) is 11.3. The highest BCUT2D eigenvalue weighted by atomic mass is 16.5. The number of hydrogen-bond acceptors (Lipinski definition) is 5. The molecule has 0 aliphatic carbocycles. The topological polar surface area (TPSA) is 51.9 Å². The summed E-state index contributed by atoms with van der Waals surface area (Å²) in [6, 6.07) is 17.7. The summed E-state index contributed by atoms with van der Waals surface area (Å²) in [5.41, 5.74) is 0.910. The van der Waals surface area contributed by atoms with E-state index in [0.717, 1.165) is 29.3 Å². The Hall–Kier alpha value is -3.28. The summed E-state index contributed by atoms with van der Waals surface area (Å²) in [4.78, 5) is 4.13. The van der Waals surface area contributed by atoms with Gasteiger partial charge in [-0.1, -0.05) is 30.3 Å². The highest BCUT2D eigenvalue weighted by Crippen LogP contribution is 2.20. The summed E-state index contributed by atoms with van der Waals surface area (Å²) in [5.74, 6) is 2.42. The van der Waals surface area contributed by atoms with Crippen LogP contribution in [0.1, 0.15) is 12.0 Å². The molecule has 0 radical (unpaired) electrons. The molecule has 140 valence electrons. The second-order valence-corrected chi connectivity index (χ2v) is 6.10. The number of aromatic nitrogens is 2. The van der Waals surface area contributed by atoms with E-state index in [0.29, 0.717) is 13.2 Å². The smallest absolute Gasteiger partial charge is 0.168 e. The van der Waals surface area contributed by atoms with E-state index in [-0.39, 0.29) is 0 Å². The van der Waals surface area contributed by atoms with Gasteiger partial charge in [0.2, 0.25) is 0 Å². The Labute approximate surface area is 159 Å². The number of benzene rings is 2. The van der Waals surface area contributed by atoms with E-state index in [9.17, 15) is 0 Å². The number of hydrazone groups is 1. The van der Waals surface area contributed by atoms with Crippen molar-refractivity contribution in [3.63, 3.8) is 0 Å². The summed E-state index contributed by atoms with van der Waals surface area (Å²) < 4.78 is 13.6. The Kier molecular flexibility index (Phi) is 6.46. The number of rotatable bonds is 8. The molecular weight excluding hydrogens is 340 g/mol. The third-order valence-electron chi connectivity index (χ3n) is 3.73. The van der Waals surface area contributed by atoms with E-state index in [2.05, 4.69) is 10.1 Å². The Bertz CT molecular complexity index is 846. The molecule has 0 unspecified atom stereocenters. The number of imidazole rings is 1. The lowest BCUT2D eigenvalue weighted by molar-refractivity contribution is 0.247. The molecule has 0 amide bonds. The molecule has 0 aliphatic rings. The quantitative estimate of drug-likeness (QED) is 0.266. The molecule has 1 aromatic heterocycles. The maximum absolute atomic E-state index is 6.02. The van der Waals surface area contributed by atoms with E-state index >= 15 is 0 Å². The lowest BCUT2D eigenvalue weighted by Crippen LogP contribution is -2.18. The van der Waals surface area contributed by atoms with Gasteiger partial charge in [-0.25, -0.2) is 4.98 Å². The zero-order valence-electron chi connectivity index (χ0n) is 15.7. The van der Waals surface area contributed by atoms with Crippen molar-refractivity contribution in [1.82, 2.24) is 14.6 Å². The van der Waals surface area contributed by atoms with Crippen LogP contribution < -0.4 is 9.47 Å². The first-order chi connectivity index (χ1) is 13.2. The van der Waals surface area contributed by atoms with Crippen LogP contribution >= 0.6 is 0 Å². The molecule has 3 aromatic rings. The van der Waals surface area contributed by atoms with Crippen molar-refractivity contribution in [3.8, 4) is 11.5 Å². The van der Waals surface area contributed by atoms with Crippen LogP contribution in [0.4, 0.5) is 0 Å². The molecular formula is C21H24N4O2. The first kappa shape index (κ1) is 18.5. The summed E-state index contributed by atoms with van der Waals surface area (Å²) >= 11 is 0. The standard InChI is InChI=1S/C21H24N4O2/c1-24(2)23-21(25-14-13-22-17-25)19-11-6-7-12-20(19)27-16-8-15-26-18-9-4-3-5-10-18/h3-7,9-14,17H,8,15-16H2,1-2H3/b23-21-. The third-order valence-corrected chi connectivity index (χ3v) is 3.73.